The minimum absolute atomic E-state index is 0.142. The van der Waals surface area contributed by atoms with Crippen LogP contribution in [0.15, 0.2) is 47.8 Å². The molecule has 0 spiro atoms. The number of rotatable bonds is 8. The fourth-order valence-corrected chi connectivity index (χ4v) is 2.82. The zero-order valence-electron chi connectivity index (χ0n) is 13.4. The number of nitrogens with one attached hydrogen (secondary N) is 1. The molecular formula is C18H19NO4S. The third-order valence-electron chi connectivity index (χ3n) is 3.37. The van der Waals surface area contributed by atoms with Crippen molar-refractivity contribution in [2.75, 3.05) is 6.61 Å². The number of carbonyl (C=O) groups excluding carboxylic acids is 3. The Morgan fingerprint density at radius 1 is 1.12 bits per heavy atom. The van der Waals surface area contributed by atoms with Crippen LogP contribution >= 0.6 is 11.3 Å². The molecule has 2 aromatic rings. The molecule has 6 heteroatoms. The van der Waals surface area contributed by atoms with Gasteiger partial charge in [0.05, 0.1) is 12.5 Å². The standard InChI is InChI=1S/C18H19NO4S/c1-13(20)16(10-14-6-3-2-4-7-14)19-17(21)12-23-18(22)11-15-8-5-9-24-15/h2-9,16H,10-12H2,1H3,(H,19,21)/t16-/m0/s1. The fraction of sp³-hybridized carbons (Fsp3) is 0.278. The monoisotopic (exact) mass is 345 g/mol. The number of ether oxygens (including phenoxy) is 1. The van der Waals surface area contributed by atoms with E-state index in [9.17, 15) is 14.4 Å². The van der Waals surface area contributed by atoms with Crippen molar-refractivity contribution in [3.63, 3.8) is 0 Å². The molecule has 1 N–H and O–H groups in total. The van der Waals surface area contributed by atoms with Gasteiger partial charge in [0.15, 0.2) is 12.4 Å². The molecule has 0 aliphatic rings. The lowest BCUT2D eigenvalue weighted by Gasteiger charge is -2.16. The summed E-state index contributed by atoms with van der Waals surface area (Å²) in [7, 11) is 0. The van der Waals surface area contributed by atoms with Crippen molar-refractivity contribution in [3.8, 4) is 0 Å². The van der Waals surface area contributed by atoms with Gasteiger partial charge in [-0.25, -0.2) is 0 Å². The molecule has 1 heterocycles. The first-order valence-electron chi connectivity index (χ1n) is 7.56. The van der Waals surface area contributed by atoms with Crippen molar-refractivity contribution in [3.05, 3.63) is 58.3 Å². The molecule has 0 radical (unpaired) electrons. The number of hydrogen-bond acceptors (Lipinski definition) is 5. The van der Waals surface area contributed by atoms with Crippen LogP contribution in [0.5, 0.6) is 0 Å². The van der Waals surface area contributed by atoms with Gasteiger partial charge >= 0.3 is 5.97 Å². The highest BCUT2D eigenvalue weighted by atomic mass is 32.1. The zero-order valence-corrected chi connectivity index (χ0v) is 14.2. The highest BCUT2D eigenvalue weighted by molar-refractivity contribution is 7.10. The summed E-state index contributed by atoms with van der Waals surface area (Å²) in [6.07, 6.45) is 0.552. The Hall–Kier alpha value is -2.47. The van der Waals surface area contributed by atoms with Crippen LogP contribution in [0.3, 0.4) is 0 Å². The van der Waals surface area contributed by atoms with Crippen LogP contribution in [-0.4, -0.2) is 30.3 Å². The molecule has 1 aromatic carbocycles. The summed E-state index contributed by atoms with van der Waals surface area (Å²) in [6, 6.07) is 12.5. The molecule has 5 nitrogen and oxygen atoms in total. The molecule has 1 amide bonds. The van der Waals surface area contributed by atoms with Gasteiger partial charge in [-0.2, -0.15) is 0 Å². The minimum atomic E-state index is -0.629. The Kier molecular flexibility index (Phi) is 6.69. The van der Waals surface area contributed by atoms with E-state index in [4.69, 9.17) is 4.74 Å². The van der Waals surface area contributed by atoms with Gasteiger partial charge in [-0.3, -0.25) is 14.4 Å². The maximum absolute atomic E-state index is 11.9. The van der Waals surface area contributed by atoms with Gasteiger partial charge < -0.3 is 10.1 Å². The molecule has 0 bridgehead atoms. The molecular weight excluding hydrogens is 326 g/mol. The number of amides is 1. The van der Waals surface area contributed by atoms with Crippen molar-refractivity contribution < 1.29 is 19.1 Å². The average molecular weight is 345 g/mol. The van der Waals surface area contributed by atoms with Gasteiger partial charge in [-0.05, 0) is 30.4 Å². The first-order valence-corrected chi connectivity index (χ1v) is 8.44. The molecule has 0 aliphatic heterocycles. The van der Waals surface area contributed by atoms with Crippen LogP contribution in [0, 0.1) is 0 Å². The van der Waals surface area contributed by atoms with Gasteiger partial charge in [-0.15, -0.1) is 11.3 Å². The highest BCUT2D eigenvalue weighted by Crippen LogP contribution is 2.09. The zero-order chi connectivity index (χ0) is 17.4. The van der Waals surface area contributed by atoms with Crippen LogP contribution in [0.25, 0.3) is 0 Å². The SMILES string of the molecule is CC(=O)[C@H](Cc1ccccc1)NC(=O)COC(=O)Cc1cccs1. The van der Waals surface area contributed by atoms with Crippen LogP contribution in [-0.2, 0) is 32.0 Å². The van der Waals surface area contributed by atoms with Gasteiger partial charge in [-0.1, -0.05) is 36.4 Å². The molecule has 126 valence electrons. The Bertz CT molecular complexity index is 682. The van der Waals surface area contributed by atoms with Gasteiger partial charge in [0.2, 0.25) is 0 Å². The predicted molar refractivity (Wildman–Crippen MR) is 91.7 cm³/mol. The second kappa shape index (κ2) is 8.98. The molecule has 1 aromatic heterocycles. The summed E-state index contributed by atoms with van der Waals surface area (Å²) in [6.45, 7) is 1.04. The molecule has 0 aliphatic carbocycles. The fourth-order valence-electron chi connectivity index (χ4n) is 2.13. The van der Waals surface area contributed by atoms with E-state index in [2.05, 4.69) is 5.32 Å². The lowest BCUT2D eigenvalue weighted by Crippen LogP contribution is -2.43. The number of carbonyl (C=O) groups is 3. The molecule has 0 unspecified atom stereocenters. The van der Waals surface area contributed by atoms with E-state index in [-0.39, 0.29) is 18.8 Å². The Morgan fingerprint density at radius 2 is 1.88 bits per heavy atom. The van der Waals surface area contributed by atoms with Crippen LogP contribution in [0.2, 0.25) is 0 Å². The van der Waals surface area contributed by atoms with E-state index in [0.29, 0.717) is 6.42 Å². The summed E-state index contributed by atoms with van der Waals surface area (Å²) in [5, 5.41) is 4.49. The first kappa shape index (κ1) is 17.9. The Labute approximate surface area is 144 Å². The Balaban J connectivity index is 1.80. The second-order valence-electron chi connectivity index (χ2n) is 5.34. The summed E-state index contributed by atoms with van der Waals surface area (Å²) >= 11 is 1.46. The smallest absolute Gasteiger partial charge is 0.311 e. The van der Waals surface area contributed by atoms with Gasteiger partial charge in [0, 0.05) is 4.88 Å². The Morgan fingerprint density at radius 3 is 2.50 bits per heavy atom. The minimum Gasteiger partial charge on any atom is -0.455 e. The van der Waals surface area contributed by atoms with Crippen molar-refractivity contribution in [1.82, 2.24) is 5.32 Å². The second-order valence-corrected chi connectivity index (χ2v) is 6.37. The quantitative estimate of drug-likeness (QED) is 0.744. The number of hydrogen-bond donors (Lipinski definition) is 1. The average Bonchev–Trinajstić information content (AvgIpc) is 3.06. The van der Waals surface area contributed by atoms with Crippen molar-refractivity contribution >= 4 is 29.0 Å². The number of Topliss-reactive ketones (excluding diaryl/α,β-unsaturated/α-hetero) is 1. The third-order valence-corrected chi connectivity index (χ3v) is 4.25. The van der Waals surface area contributed by atoms with Crippen molar-refractivity contribution in [1.29, 1.82) is 0 Å². The van der Waals surface area contributed by atoms with Crippen LogP contribution in [0.1, 0.15) is 17.4 Å². The molecule has 0 saturated heterocycles. The topological polar surface area (TPSA) is 72.5 Å². The van der Waals surface area contributed by atoms with Crippen molar-refractivity contribution in [2.24, 2.45) is 0 Å². The summed E-state index contributed by atoms with van der Waals surface area (Å²) in [4.78, 5) is 36.2. The predicted octanol–water partition coefficient (Wildman–Crippen LogP) is 2.15. The molecule has 0 saturated carbocycles. The lowest BCUT2D eigenvalue weighted by molar-refractivity contribution is -0.148. The summed E-state index contributed by atoms with van der Waals surface area (Å²) in [5.74, 6) is -1.09. The number of esters is 1. The van der Waals surface area contributed by atoms with Gasteiger partial charge in [0.25, 0.3) is 5.91 Å². The molecule has 2 rings (SSSR count). The summed E-state index contributed by atoms with van der Waals surface area (Å²) in [5.41, 5.74) is 0.952. The van der Waals surface area contributed by atoms with Crippen molar-refractivity contribution in [2.45, 2.75) is 25.8 Å². The number of thiophene rings is 1. The van der Waals surface area contributed by atoms with E-state index in [1.807, 2.05) is 47.8 Å². The number of ketones is 1. The van der Waals surface area contributed by atoms with Gasteiger partial charge in [0.1, 0.15) is 0 Å². The first-order chi connectivity index (χ1) is 11.5. The normalized spacial score (nSPS) is 11.5. The largest absolute Gasteiger partial charge is 0.455 e. The maximum Gasteiger partial charge on any atom is 0.311 e. The maximum atomic E-state index is 11.9. The van der Waals surface area contributed by atoms with E-state index in [0.717, 1.165) is 10.4 Å². The number of benzene rings is 1. The molecule has 0 fully saturated rings. The third kappa shape index (κ3) is 5.96. The molecule has 1 atom stereocenters. The molecule has 24 heavy (non-hydrogen) atoms. The lowest BCUT2D eigenvalue weighted by atomic mass is 10.0. The van der Waals surface area contributed by atoms with E-state index in [1.165, 1.54) is 18.3 Å². The van der Waals surface area contributed by atoms with Crippen LogP contribution in [0.4, 0.5) is 0 Å². The van der Waals surface area contributed by atoms with E-state index >= 15 is 0 Å². The van der Waals surface area contributed by atoms with E-state index < -0.39 is 17.9 Å². The van der Waals surface area contributed by atoms with E-state index in [1.54, 1.807) is 0 Å². The highest BCUT2D eigenvalue weighted by Gasteiger charge is 2.18. The summed E-state index contributed by atoms with van der Waals surface area (Å²) < 4.78 is 4.95. The van der Waals surface area contributed by atoms with Crippen LogP contribution < -0.4 is 5.32 Å².